The Hall–Kier alpha value is -2.34. The van der Waals surface area contributed by atoms with Crippen molar-refractivity contribution in [2.75, 3.05) is 6.61 Å². The smallest absolute Gasteiger partial charge is 0.332 e. The molecule has 0 bridgehead atoms. The SMILES string of the molecule is O=C(O)CONC(=O)CCCc1c[nH]c2ccccc12. The van der Waals surface area contributed by atoms with Gasteiger partial charge in [-0.3, -0.25) is 9.63 Å². The minimum absolute atomic E-state index is 0.291. The number of para-hydroxylation sites is 1. The monoisotopic (exact) mass is 276 g/mol. The van der Waals surface area contributed by atoms with E-state index in [4.69, 9.17) is 5.11 Å². The highest BCUT2D eigenvalue weighted by molar-refractivity contribution is 5.83. The van der Waals surface area contributed by atoms with Gasteiger partial charge in [-0.05, 0) is 24.5 Å². The molecule has 3 N–H and O–H groups in total. The molecule has 0 aliphatic rings. The molecule has 2 rings (SSSR count). The Morgan fingerprint density at radius 2 is 2.10 bits per heavy atom. The van der Waals surface area contributed by atoms with Gasteiger partial charge in [0.25, 0.3) is 0 Å². The third-order valence-corrected chi connectivity index (χ3v) is 2.91. The molecule has 0 atom stereocenters. The van der Waals surface area contributed by atoms with Crippen molar-refractivity contribution in [3.63, 3.8) is 0 Å². The highest BCUT2D eigenvalue weighted by atomic mass is 16.7. The Balaban J connectivity index is 1.75. The molecule has 6 nitrogen and oxygen atoms in total. The number of amides is 1. The topological polar surface area (TPSA) is 91.4 Å². The van der Waals surface area contributed by atoms with E-state index >= 15 is 0 Å². The molecule has 1 aromatic heterocycles. The zero-order chi connectivity index (χ0) is 14.4. The number of nitrogens with one attached hydrogen (secondary N) is 2. The fourth-order valence-electron chi connectivity index (χ4n) is 2.01. The van der Waals surface area contributed by atoms with Crippen LogP contribution in [0, 0.1) is 0 Å². The van der Waals surface area contributed by atoms with Crippen molar-refractivity contribution < 1.29 is 19.5 Å². The maximum Gasteiger partial charge on any atom is 0.332 e. The van der Waals surface area contributed by atoms with Crippen LogP contribution in [0.1, 0.15) is 18.4 Å². The second-order valence-electron chi connectivity index (χ2n) is 4.42. The highest BCUT2D eigenvalue weighted by Gasteiger charge is 2.06. The van der Waals surface area contributed by atoms with E-state index in [2.05, 4.69) is 15.3 Å². The normalized spacial score (nSPS) is 10.6. The van der Waals surface area contributed by atoms with Gasteiger partial charge in [0.05, 0.1) is 0 Å². The quantitative estimate of drug-likeness (QED) is 0.670. The molecular formula is C14H16N2O4. The first-order valence-corrected chi connectivity index (χ1v) is 6.34. The summed E-state index contributed by atoms with van der Waals surface area (Å²) in [6.45, 7) is -0.534. The number of benzene rings is 1. The summed E-state index contributed by atoms with van der Waals surface area (Å²) in [6.07, 6.45) is 3.68. The lowest BCUT2D eigenvalue weighted by Crippen LogP contribution is -2.26. The number of aromatic nitrogens is 1. The van der Waals surface area contributed by atoms with E-state index in [9.17, 15) is 9.59 Å². The summed E-state index contributed by atoms with van der Waals surface area (Å²) in [7, 11) is 0. The number of hydroxylamine groups is 1. The molecule has 0 saturated heterocycles. The Morgan fingerprint density at radius 1 is 1.30 bits per heavy atom. The number of H-pyrrole nitrogens is 1. The summed E-state index contributed by atoms with van der Waals surface area (Å²) < 4.78 is 0. The molecule has 0 spiro atoms. The molecule has 20 heavy (non-hydrogen) atoms. The third-order valence-electron chi connectivity index (χ3n) is 2.91. The van der Waals surface area contributed by atoms with Crippen LogP contribution in [0.2, 0.25) is 0 Å². The van der Waals surface area contributed by atoms with Crippen LogP contribution in [0.3, 0.4) is 0 Å². The van der Waals surface area contributed by atoms with Gasteiger partial charge >= 0.3 is 5.97 Å². The van der Waals surface area contributed by atoms with E-state index in [1.807, 2.05) is 30.5 Å². The van der Waals surface area contributed by atoms with Crippen molar-refractivity contribution in [1.82, 2.24) is 10.5 Å². The average Bonchev–Trinajstić information content (AvgIpc) is 2.82. The molecule has 1 aromatic carbocycles. The molecule has 0 fully saturated rings. The van der Waals surface area contributed by atoms with Gasteiger partial charge in [-0.2, -0.15) is 0 Å². The van der Waals surface area contributed by atoms with Gasteiger partial charge in [0.2, 0.25) is 5.91 Å². The van der Waals surface area contributed by atoms with E-state index in [1.54, 1.807) is 0 Å². The number of carboxylic acids is 1. The summed E-state index contributed by atoms with van der Waals surface area (Å²) in [4.78, 5) is 29.3. The van der Waals surface area contributed by atoms with Gasteiger partial charge in [0.1, 0.15) is 0 Å². The van der Waals surface area contributed by atoms with Crippen LogP contribution in [0.4, 0.5) is 0 Å². The molecule has 0 aliphatic carbocycles. The molecule has 6 heteroatoms. The number of rotatable bonds is 7. The summed E-state index contributed by atoms with van der Waals surface area (Å²) in [6, 6.07) is 7.99. The zero-order valence-corrected chi connectivity index (χ0v) is 10.9. The second-order valence-corrected chi connectivity index (χ2v) is 4.42. The van der Waals surface area contributed by atoms with Crippen molar-refractivity contribution in [2.24, 2.45) is 0 Å². The number of hydrogen-bond donors (Lipinski definition) is 3. The van der Waals surface area contributed by atoms with Gasteiger partial charge in [-0.1, -0.05) is 18.2 Å². The van der Waals surface area contributed by atoms with Crippen molar-refractivity contribution >= 4 is 22.8 Å². The van der Waals surface area contributed by atoms with Crippen molar-refractivity contribution in [2.45, 2.75) is 19.3 Å². The van der Waals surface area contributed by atoms with E-state index in [0.717, 1.165) is 17.3 Å². The van der Waals surface area contributed by atoms with Crippen LogP contribution in [0.25, 0.3) is 10.9 Å². The first-order chi connectivity index (χ1) is 9.66. The Bertz CT molecular complexity index is 606. The van der Waals surface area contributed by atoms with Crippen LogP contribution >= 0.6 is 0 Å². The van der Waals surface area contributed by atoms with Gasteiger partial charge in [0.15, 0.2) is 6.61 Å². The summed E-state index contributed by atoms with van der Waals surface area (Å²) in [5.74, 6) is -1.44. The lowest BCUT2D eigenvalue weighted by Gasteiger charge is -2.03. The standard InChI is InChI=1S/C14H16N2O4/c17-13(16-20-9-14(18)19)7-3-4-10-8-15-12-6-2-1-5-11(10)12/h1-2,5-6,8,15H,3-4,7,9H2,(H,16,17)(H,18,19). The Labute approximate surface area is 115 Å². The van der Waals surface area contributed by atoms with Crippen molar-refractivity contribution in [1.29, 1.82) is 0 Å². The van der Waals surface area contributed by atoms with Crippen LogP contribution in [-0.4, -0.2) is 28.6 Å². The number of aromatic amines is 1. The summed E-state index contributed by atoms with van der Waals surface area (Å²) in [5, 5.41) is 9.51. The summed E-state index contributed by atoms with van der Waals surface area (Å²) >= 11 is 0. The van der Waals surface area contributed by atoms with E-state index < -0.39 is 12.6 Å². The molecule has 0 aliphatic heterocycles. The molecule has 0 radical (unpaired) electrons. The first kappa shape index (κ1) is 14.1. The van der Waals surface area contributed by atoms with E-state index in [1.165, 1.54) is 5.56 Å². The number of carbonyl (C=O) groups is 2. The summed E-state index contributed by atoms with van der Waals surface area (Å²) in [5.41, 5.74) is 4.35. The predicted octanol–water partition coefficient (Wildman–Crippen LogP) is 1.62. The van der Waals surface area contributed by atoms with Crippen LogP contribution in [-0.2, 0) is 20.8 Å². The second kappa shape index (κ2) is 6.72. The lowest BCUT2D eigenvalue weighted by molar-refractivity contribution is -0.149. The molecule has 106 valence electrons. The van der Waals surface area contributed by atoms with Crippen LogP contribution in [0.15, 0.2) is 30.5 Å². The highest BCUT2D eigenvalue weighted by Crippen LogP contribution is 2.19. The Kier molecular flexibility index (Phi) is 4.73. The lowest BCUT2D eigenvalue weighted by atomic mass is 10.1. The Morgan fingerprint density at radius 3 is 2.90 bits per heavy atom. The average molecular weight is 276 g/mol. The number of carboxylic acid groups (broad SMARTS) is 1. The molecule has 1 amide bonds. The minimum atomic E-state index is -1.12. The molecule has 0 saturated carbocycles. The fourth-order valence-corrected chi connectivity index (χ4v) is 2.01. The fraction of sp³-hybridized carbons (Fsp3) is 0.286. The third kappa shape index (κ3) is 3.83. The number of fused-ring (bicyclic) bond motifs is 1. The first-order valence-electron chi connectivity index (χ1n) is 6.34. The van der Waals surface area contributed by atoms with E-state index in [0.29, 0.717) is 12.8 Å². The zero-order valence-electron chi connectivity index (χ0n) is 10.9. The minimum Gasteiger partial charge on any atom is -0.479 e. The van der Waals surface area contributed by atoms with Gasteiger partial charge in [0, 0.05) is 23.5 Å². The molecule has 0 unspecified atom stereocenters. The van der Waals surface area contributed by atoms with E-state index in [-0.39, 0.29) is 5.91 Å². The van der Waals surface area contributed by atoms with Crippen LogP contribution < -0.4 is 5.48 Å². The molecule has 2 aromatic rings. The van der Waals surface area contributed by atoms with Crippen LogP contribution in [0.5, 0.6) is 0 Å². The van der Waals surface area contributed by atoms with Gasteiger partial charge < -0.3 is 10.1 Å². The number of aliphatic carboxylic acids is 1. The maximum absolute atomic E-state index is 11.4. The largest absolute Gasteiger partial charge is 0.479 e. The van der Waals surface area contributed by atoms with Crippen molar-refractivity contribution in [3.05, 3.63) is 36.0 Å². The maximum atomic E-state index is 11.4. The van der Waals surface area contributed by atoms with Gasteiger partial charge in [-0.25, -0.2) is 10.3 Å². The number of hydrogen-bond acceptors (Lipinski definition) is 3. The van der Waals surface area contributed by atoms with Crippen molar-refractivity contribution in [3.8, 4) is 0 Å². The number of aryl methyl sites for hydroxylation is 1. The molecular weight excluding hydrogens is 260 g/mol. The predicted molar refractivity (Wildman–Crippen MR) is 73.0 cm³/mol. The molecule has 1 heterocycles. The van der Waals surface area contributed by atoms with Gasteiger partial charge in [-0.15, -0.1) is 0 Å². The number of carbonyl (C=O) groups excluding carboxylic acids is 1.